The summed E-state index contributed by atoms with van der Waals surface area (Å²) in [6, 6.07) is 2.43. The first-order chi connectivity index (χ1) is 15.8. The van der Waals surface area contributed by atoms with Gasteiger partial charge >= 0.3 is 5.97 Å². The van der Waals surface area contributed by atoms with Crippen LogP contribution in [0.25, 0.3) is 0 Å². The summed E-state index contributed by atoms with van der Waals surface area (Å²) in [6.45, 7) is 0. The number of rotatable bonds is 7. The van der Waals surface area contributed by atoms with Crippen LogP contribution in [-0.4, -0.2) is 38.6 Å². The van der Waals surface area contributed by atoms with Gasteiger partial charge in [0.05, 0.1) is 27.5 Å². The molecule has 0 saturated heterocycles. The van der Waals surface area contributed by atoms with E-state index < -0.39 is 23.5 Å². The number of carboxylic acid groups (broad SMARTS) is 1. The zero-order valence-corrected chi connectivity index (χ0v) is 20.5. The van der Waals surface area contributed by atoms with Crippen LogP contribution >= 0.6 is 39.1 Å². The topological polar surface area (TPSA) is 113 Å². The number of carbonyl (C=O) groups excluding carboxylic acids is 1. The first kappa shape index (κ1) is 23.8. The van der Waals surface area contributed by atoms with E-state index in [0.29, 0.717) is 16.0 Å². The van der Waals surface area contributed by atoms with E-state index in [-0.39, 0.29) is 22.0 Å². The van der Waals surface area contributed by atoms with Gasteiger partial charge in [-0.05, 0) is 53.7 Å². The summed E-state index contributed by atoms with van der Waals surface area (Å²) in [7, 11) is 0. The van der Waals surface area contributed by atoms with Crippen molar-refractivity contribution in [3.63, 3.8) is 0 Å². The zero-order chi connectivity index (χ0) is 23.6. The lowest BCUT2D eigenvalue weighted by molar-refractivity contribution is -0.139. The fraction of sp³-hybridized carbons (Fsp3) is 0.364. The molecule has 0 bridgehead atoms. The van der Waals surface area contributed by atoms with E-state index in [2.05, 4.69) is 36.5 Å². The molecule has 3 N–H and O–H groups in total. The molecule has 2 aromatic rings. The fourth-order valence-corrected chi connectivity index (χ4v) is 5.42. The predicted molar refractivity (Wildman–Crippen MR) is 128 cm³/mol. The second-order valence-corrected chi connectivity index (χ2v) is 9.55. The number of aromatic nitrogens is 2. The number of hydrogen-bond acceptors (Lipinski definition) is 6. The van der Waals surface area contributed by atoms with Gasteiger partial charge in [0.2, 0.25) is 0 Å². The molecule has 4 rings (SSSR count). The second-order valence-electron chi connectivity index (χ2n) is 8.02. The minimum absolute atomic E-state index is 0.116. The van der Waals surface area contributed by atoms with Crippen LogP contribution in [-0.2, 0) is 16.0 Å². The van der Waals surface area contributed by atoms with Crippen LogP contribution in [0.1, 0.15) is 48.2 Å². The number of carbonyl (C=O) groups is 2. The summed E-state index contributed by atoms with van der Waals surface area (Å²) in [5, 5.41) is 15.9. The van der Waals surface area contributed by atoms with E-state index >= 15 is 0 Å². The van der Waals surface area contributed by atoms with E-state index in [0.717, 1.165) is 37.8 Å². The molecule has 1 unspecified atom stereocenters. The maximum absolute atomic E-state index is 12.5. The van der Waals surface area contributed by atoms with Crippen LogP contribution in [0.3, 0.4) is 0 Å². The zero-order valence-electron chi connectivity index (χ0n) is 17.4. The number of amides is 1. The molecular weight excluding hydrogens is 535 g/mol. The van der Waals surface area contributed by atoms with Crippen molar-refractivity contribution < 1.29 is 19.4 Å². The van der Waals surface area contributed by atoms with Crippen molar-refractivity contribution in [3.8, 4) is 0 Å². The Bertz CT molecular complexity index is 1080. The Morgan fingerprint density at radius 2 is 1.85 bits per heavy atom. The van der Waals surface area contributed by atoms with Crippen molar-refractivity contribution in [2.45, 2.75) is 50.2 Å². The van der Waals surface area contributed by atoms with Gasteiger partial charge in [0.1, 0.15) is 11.7 Å². The Kier molecular flexibility index (Phi) is 7.11. The normalized spacial score (nSPS) is 17.7. The monoisotopic (exact) mass is 554 g/mol. The highest BCUT2D eigenvalue weighted by molar-refractivity contribution is 9.11. The number of nitrogens with zero attached hydrogens (tertiary/aromatic N) is 2. The van der Waals surface area contributed by atoms with Gasteiger partial charge in [-0.25, -0.2) is 4.79 Å². The molecule has 1 fully saturated rings. The first-order valence-corrected chi connectivity index (χ1v) is 12.0. The third-order valence-corrected chi connectivity index (χ3v) is 6.92. The summed E-state index contributed by atoms with van der Waals surface area (Å²) < 4.78 is 6.44. The van der Waals surface area contributed by atoms with Crippen molar-refractivity contribution >= 4 is 56.7 Å². The minimum atomic E-state index is -0.984. The number of nitrogens with one attached hydrogen (secondary N) is 2. The summed E-state index contributed by atoms with van der Waals surface area (Å²) in [4.78, 5) is 32.6. The van der Waals surface area contributed by atoms with E-state index in [1.807, 2.05) is 0 Å². The summed E-state index contributed by atoms with van der Waals surface area (Å²) >= 11 is 15.4. The van der Waals surface area contributed by atoms with Crippen LogP contribution in [0, 0.1) is 0 Å². The molecule has 1 aliphatic carbocycles. The van der Waals surface area contributed by atoms with E-state index in [1.54, 1.807) is 12.1 Å². The molecule has 1 spiro atoms. The highest BCUT2D eigenvalue weighted by Crippen LogP contribution is 2.48. The minimum Gasteiger partial charge on any atom is -0.480 e. The van der Waals surface area contributed by atoms with Crippen molar-refractivity contribution in [1.29, 1.82) is 0 Å². The molecule has 1 amide bonds. The Labute approximate surface area is 208 Å². The van der Waals surface area contributed by atoms with Gasteiger partial charge in [-0.15, -0.1) is 0 Å². The number of carboxylic acids is 1. The molecule has 1 aliphatic heterocycles. The van der Waals surface area contributed by atoms with Gasteiger partial charge in [-0.1, -0.05) is 29.6 Å². The standard InChI is InChI=1S/C22H21BrCl2N4O4/c23-19-18(22(33-19)6-2-1-3-7-22)29-16(21(31)32)8-12-4-5-13(9-27-12)28-20(30)17-14(24)10-26-11-15(17)25/h4-5,9-11,16,29H,1-3,6-8H2,(H,28,30)(H,31,32). The third-order valence-electron chi connectivity index (χ3n) is 5.79. The van der Waals surface area contributed by atoms with Crippen LogP contribution in [0.5, 0.6) is 0 Å². The maximum atomic E-state index is 12.5. The van der Waals surface area contributed by atoms with Gasteiger partial charge < -0.3 is 20.5 Å². The van der Waals surface area contributed by atoms with E-state index in [4.69, 9.17) is 27.9 Å². The lowest BCUT2D eigenvalue weighted by Crippen LogP contribution is -2.53. The Hall–Kier alpha value is -2.36. The molecule has 0 aromatic carbocycles. The number of aliphatic carboxylic acids is 1. The smallest absolute Gasteiger partial charge is 0.326 e. The Morgan fingerprint density at radius 3 is 2.42 bits per heavy atom. The molecule has 11 heteroatoms. The molecular formula is C22H21BrCl2N4O4. The molecule has 2 aromatic heterocycles. The first-order valence-electron chi connectivity index (χ1n) is 10.4. The highest BCUT2D eigenvalue weighted by Gasteiger charge is 2.49. The van der Waals surface area contributed by atoms with Crippen molar-refractivity contribution in [1.82, 2.24) is 15.3 Å². The molecule has 8 nitrogen and oxygen atoms in total. The maximum Gasteiger partial charge on any atom is 0.326 e. The average Bonchev–Trinajstić information content (AvgIpc) is 2.78. The Morgan fingerprint density at radius 1 is 1.15 bits per heavy atom. The molecule has 3 heterocycles. The van der Waals surface area contributed by atoms with E-state index in [1.165, 1.54) is 18.6 Å². The molecule has 0 radical (unpaired) electrons. The van der Waals surface area contributed by atoms with Crippen molar-refractivity contribution in [2.75, 3.05) is 5.32 Å². The number of hydrogen-bond donors (Lipinski definition) is 3. The van der Waals surface area contributed by atoms with Gasteiger partial charge in [-0.2, -0.15) is 0 Å². The number of ether oxygens (including phenoxy) is 1. The highest BCUT2D eigenvalue weighted by atomic mass is 79.9. The predicted octanol–water partition coefficient (Wildman–Crippen LogP) is 4.92. The summed E-state index contributed by atoms with van der Waals surface area (Å²) in [5.41, 5.74) is 1.49. The molecule has 1 saturated carbocycles. The molecule has 174 valence electrons. The van der Waals surface area contributed by atoms with Gasteiger partial charge in [0.15, 0.2) is 10.3 Å². The molecule has 2 aliphatic rings. The fourth-order valence-electron chi connectivity index (χ4n) is 4.09. The quantitative estimate of drug-likeness (QED) is 0.444. The summed E-state index contributed by atoms with van der Waals surface area (Å²) in [5.74, 6) is -1.48. The number of pyridine rings is 2. The van der Waals surface area contributed by atoms with Crippen LogP contribution in [0.15, 0.2) is 41.1 Å². The van der Waals surface area contributed by atoms with Crippen molar-refractivity contribution in [2.24, 2.45) is 0 Å². The number of halogens is 3. The van der Waals surface area contributed by atoms with Gasteiger partial charge in [0.25, 0.3) is 5.91 Å². The van der Waals surface area contributed by atoms with Crippen molar-refractivity contribution in [3.05, 3.63) is 62.4 Å². The Balaban J connectivity index is 1.42. The largest absolute Gasteiger partial charge is 0.480 e. The van der Waals surface area contributed by atoms with Crippen LogP contribution in [0.4, 0.5) is 5.69 Å². The second kappa shape index (κ2) is 9.87. The lowest BCUT2D eigenvalue weighted by atomic mass is 9.80. The van der Waals surface area contributed by atoms with Gasteiger partial charge in [-0.3, -0.25) is 14.8 Å². The number of anilines is 1. The van der Waals surface area contributed by atoms with Gasteiger partial charge in [0, 0.05) is 24.5 Å². The summed E-state index contributed by atoms with van der Waals surface area (Å²) in [6.07, 6.45) is 9.28. The molecule has 1 atom stereocenters. The third kappa shape index (κ3) is 5.10. The lowest BCUT2D eigenvalue weighted by Gasteiger charge is -2.47. The molecule has 33 heavy (non-hydrogen) atoms. The average molecular weight is 556 g/mol. The van der Waals surface area contributed by atoms with Crippen LogP contribution in [0.2, 0.25) is 10.0 Å². The van der Waals surface area contributed by atoms with Crippen LogP contribution < -0.4 is 10.6 Å². The van der Waals surface area contributed by atoms with E-state index in [9.17, 15) is 14.7 Å². The SMILES string of the molecule is O=C(Nc1ccc(CC(NC2=C(Br)OC23CCCCC3)C(=O)O)nc1)c1c(Cl)cncc1Cl.